The molecule has 0 aliphatic carbocycles. The fourth-order valence-electron chi connectivity index (χ4n) is 3.60. The van der Waals surface area contributed by atoms with Gasteiger partial charge in [0.15, 0.2) is 12.2 Å². The molecule has 0 aliphatic rings. The molecule has 5 atom stereocenters. The molecule has 9 nitrogen and oxygen atoms in total. The molecular formula is C27H34O9. The van der Waals surface area contributed by atoms with Gasteiger partial charge in [-0.05, 0) is 18.1 Å². The van der Waals surface area contributed by atoms with Crippen LogP contribution in [0.1, 0.15) is 38.8 Å². The van der Waals surface area contributed by atoms with E-state index in [2.05, 4.69) is 0 Å². The molecule has 0 radical (unpaired) electrons. The fourth-order valence-corrected chi connectivity index (χ4v) is 3.60. The third-order valence-electron chi connectivity index (χ3n) is 5.12. The Labute approximate surface area is 211 Å². The van der Waals surface area contributed by atoms with E-state index in [0.29, 0.717) is 0 Å². The van der Waals surface area contributed by atoms with Gasteiger partial charge < -0.3 is 28.4 Å². The molecule has 9 heteroatoms. The SMILES string of the molecule is COC(OC(C)=O)[C@H](OCc1ccccc1)[C@H](OCc1ccccc1)[C@H](OC(C)=O)[C@H](C)OC(C)=O. The summed E-state index contributed by atoms with van der Waals surface area (Å²) in [5.41, 5.74) is 1.69. The van der Waals surface area contributed by atoms with Crippen LogP contribution in [0.5, 0.6) is 0 Å². The second kappa shape index (κ2) is 15.0. The number of ether oxygens (including phenoxy) is 6. The zero-order chi connectivity index (χ0) is 26.5. The Morgan fingerprint density at radius 2 is 1.08 bits per heavy atom. The topological polar surface area (TPSA) is 107 Å². The van der Waals surface area contributed by atoms with Crippen LogP contribution < -0.4 is 0 Å². The molecule has 0 fully saturated rings. The van der Waals surface area contributed by atoms with E-state index in [0.717, 1.165) is 11.1 Å². The monoisotopic (exact) mass is 502 g/mol. The Balaban J connectivity index is 2.48. The first-order chi connectivity index (χ1) is 17.2. The van der Waals surface area contributed by atoms with Crippen molar-refractivity contribution in [3.05, 3.63) is 71.8 Å². The van der Waals surface area contributed by atoms with Crippen molar-refractivity contribution in [1.82, 2.24) is 0 Å². The normalized spacial score (nSPS) is 15.1. The Morgan fingerprint density at radius 1 is 0.639 bits per heavy atom. The van der Waals surface area contributed by atoms with Crippen molar-refractivity contribution < 1.29 is 42.8 Å². The van der Waals surface area contributed by atoms with Crippen LogP contribution in [0.15, 0.2) is 60.7 Å². The van der Waals surface area contributed by atoms with Gasteiger partial charge in [0.1, 0.15) is 12.2 Å². The Hall–Kier alpha value is -3.27. The largest absolute Gasteiger partial charge is 0.459 e. The van der Waals surface area contributed by atoms with Crippen LogP contribution in [0.4, 0.5) is 0 Å². The zero-order valence-corrected chi connectivity index (χ0v) is 21.2. The molecule has 0 saturated carbocycles. The molecule has 196 valence electrons. The van der Waals surface area contributed by atoms with Gasteiger partial charge in [-0.3, -0.25) is 14.4 Å². The van der Waals surface area contributed by atoms with Crippen molar-refractivity contribution in [2.24, 2.45) is 0 Å². The summed E-state index contributed by atoms with van der Waals surface area (Å²) in [5.74, 6) is -1.78. The lowest BCUT2D eigenvalue weighted by atomic mass is 10.0. The Bertz CT molecular complexity index is 948. The van der Waals surface area contributed by atoms with Crippen molar-refractivity contribution in [2.45, 2.75) is 71.6 Å². The van der Waals surface area contributed by atoms with E-state index >= 15 is 0 Å². The smallest absolute Gasteiger partial charge is 0.305 e. The molecule has 0 aliphatic heterocycles. The minimum absolute atomic E-state index is 0.109. The summed E-state index contributed by atoms with van der Waals surface area (Å²) in [7, 11) is 1.36. The summed E-state index contributed by atoms with van der Waals surface area (Å²) >= 11 is 0. The molecule has 2 rings (SSSR count). The Morgan fingerprint density at radius 3 is 1.50 bits per heavy atom. The van der Waals surface area contributed by atoms with Gasteiger partial charge in [0.05, 0.1) is 13.2 Å². The molecule has 36 heavy (non-hydrogen) atoms. The molecule has 0 amide bonds. The second-order valence-electron chi connectivity index (χ2n) is 8.12. The van der Waals surface area contributed by atoms with Gasteiger partial charge in [-0.15, -0.1) is 0 Å². The minimum Gasteiger partial charge on any atom is -0.459 e. The second-order valence-corrected chi connectivity index (χ2v) is 8.12. The molecule has 0 spiro atoms. The molecule has 2 aromatic carbocycles. The quantitative estimate of drug-likeness (QED) is 0.218. The molecule has 0 aromatic heterocycles. The van der Waals surface area contributed by atoms with Gasteiger partial charge in [-0.25, -0.2) is 0 Å². The summed E-state index contributed by atoms with van der Waals surface area (Å²) in [4.78, 5) is 35.7. The lowest BCUT2D eigenvalue weighted by Gasteiger charge is -2.37. The fraction of sp³-hybridized carbons (Fsp3) is 0.444. The van der Waals surface area contributed by atoms with Gasteiger partial charge in [-0.2, -0.15) is 0 Å². The van der Waals surface area contributed by atoms with E-state index < -0.39 is 48.6 Å². The molecule has 0 heterocycles. The molecule has 1 unspecified atom stereocenters. The lowest BCUT2D eigenvalue weighted by molar-refractivity contribution is -0.248. The third-order valence-corrected chi connectivity index (χ3v) is 5.12. The molecule has 0 saturated heterocycles. The number of rotatable bonds is 14. The summed E-state index contributed by atoms with van der Waals surface area (Å²) < 4.78 is 34.2. The van der Waals surface area contributed by atoms with E-state index in [1.807, 2.05) is 60.7 Å². The average Bonchev–Trinajstić information content (AvgIpc) is 2.84. The average molecular weight is 503 g/mol. The number of carbonyl (C=O) groups is 3. The predicted octanol–water partition coefficient (Wildman–Crippen LogP) is 3.58. The van der Waals surface area contributed by atoms with Gasteiger partial charge in [0.25, 0.3) is 0 Å². The lowest BCUT2D eigenvalue weighted by Crippen LogP contribution is -2.54. The third kappa shape index (κ3) is 9.77. The summed E-state index contributed by atoms with van der Waals surface area (Å²) in [6.45, 7) is 5.54. The molecule has 0 bridgehead atoms. The van der Waals surface area contributed by atoms with Crippen LogP contribution >= 0.6 is 0 Å². The van der Waals surface area contributed by atoms with E-state index in [4.69, 9.17) is 28.4 Å². The van der Waals surface area contributed by atoms with Crippen LogP contribution in [-0.2, 0) is 56.0 Å². The number of hydrogen-bond acceptors (Lipinski definition) is 9. The summed E-state index contributed by atoms with van der Waals surface area (Å²) in [6.07, 6.45) is -5.36. The minimum atomic E-state index is -1.21. The van der Waals surface area contributed by atoms with E-state index in [1.165, 1.54) is 27.9 Å². The van der Waals surface area contributed by atoms with Crippen molar-refractivity contribution in [2.75, 3.05) is 7.11 Å². The number of esters is 3. The van der Waals surface area contributed by atoms with Gasteiger partial charge >= 0.3 is 17.9 Å². The number of benzene rings is 2. The van der Waals surface area contributed by atoms with E-state index in [9.17, 15) is 14.4 Å². The first-order valence-corrected chi connectivity index (χ1v) is 11.6. The highest BCUT2D eigenvalue weighted by atomic mass is 16.7. The van der Waals surface area contributed by atoms with Crippen molar-refractivity contribution in [3.63, 3.8) is 0 Å². The number of methoxy groups -OCH3 is 1. The summed E-state index contributed by atoms with van der Waals surface area (Å²) in [6, 6.07) is 18.7. The van der Waals surface area contributed by atoms with E-state index in [1.54, 1.807) is 6.92 Å². The molecule has 2 aromatic rings. The predicted molar refractivity (Wildman–Crippen MR) is 129 cm³/mol. The first-order valence-electron chi connectivity index (χ1n) is 11.6. The standard InChI is InChI=1S/C27H34O9/c1-18(34-19(2)28)24(35-20(3)29)25(32-16-22-12-8-6-9-13-22)26(27(31-5)36-21(4)30)33-17-23-14-10-7-11-15-23/h6-15,18,24-27H,16-17H2,1-5H3/t18-,24+,25+,26+,27?/m0/s1. The molecule has 0 N–H and O–H groups in total. The number of carbonyl (C=O) groups excluding carboxylic acids is 3. The van der Waals surface area contributed by atoms with Crippen LogP contribution in [0.3, 0.4) is 0 Å². The van der Waals surface area contributed by atoms with Crippen molar-refractivity contribution >= 4 is 17.9 Å². The maximum atomic E-state index is 12.1. The van der Waals surface area contributed by atoms with Gasteiger partial charge in [0, 0.05) is 27.9 Å². The van der Waals surface area contributed by atoms with Crippen LogP contribution in [0, 0.1) is 0 Å². The highest BCUT2D eigenvalue weighted by molar-refractivity contribution is 5.67. The highest BCUT2D eigenvalue weighted by Crippen LogP contribution is 2.25. The van der Waals surface area contributed by atoms with Crippen molar-refractivity contribution in [1.29, 1.82) is 0 Å². The van der Waals surface area contributed by atoms with Gasteiger partial charge in [0.2, 0.25) is 6.29 Å². The summed E-state index contributed by atoms with van der Waals surface area (Å²) in [5, 5.41) is 0. The van der Waals surface area contributed by atoms with Crippen LogP contribution in [0.2, 0.25) is 0 Å². The number of hydrogen-bond donors (Lipinski definition) is 0. The van der Waals surface area contributed by atoms with Crippen LogP contribution in [0.25, 0.3) is 0 Å². The maximum absolute atomic E-state index is 12.1. The van der Waals surface area contributed by atoms with Crippen molar-refractivity contribution in [3.8, 4) is 0 Å². The van der Waals surface area contributed by atoms with Crippen LogP contribution in [-0.4, -0.2) is 55.7 Å². The maximum Gasteiger partial charge on any atom is 0.305 e. The zero-order valence-electron chi connectivity index (χ0n) is 21.2. The highest BCUT2D eigenvalue weighted by Gasteiger charge is 2.44. The first kappa shape index (κ1) is 29.0. The van der Waals surface area contributed by atoms with Gasteiger partial charge in [-0.1, -0.05) is 60.7 Å². The Kier molecular flexibility index (Phi) is 12.0. The molecular weight excluding hydrogens is 468 g/mol. The van der Waals surface area contributed by atoms with E-state index in [-0.39, 0.29) is 13.2 Å².